The van der Waals surface area contributed by atoms with Crippen LogP contribution < -0.4 is 9.64 Å². The van der Waals surface area contributed by atoms with E-state index in [-0.39, 0.29) is 11.9 Å². The van der Waals surface area contributed by atoms with Crippen LogP contribution in [-0.2, 0) is 0 Å². The molecule has 1 aliphatic rings. The molecule has 21 heavy (non-hydrogen) atoms. The number of anilines is 1. The minimum Gasteiger partial charge on any atom is -0.481 e. The number of rotatable bonds is 3. The van der Waals surface area contributed by atoms with E-state index in [0.29, 0.717) is 24.8 Å². The normalized spacial score (nSPS) is 21.6. The molecular weight excluding hydrogens is 273 g/mol. The molecule has 0 amide bonds. The van der Waals surface area contributed by atoms with Gasteiger partial charge in [-0.1, -0.05) is 12.1 Å². The van der Waals surface area contributed by atoms with Gasteiger partial charge in [0.2, 0.25) is 11.8 Å². The monoisotopic (exact) mass is 289 g/mol. The first-order chi connectivity index (χ1) is 10.2. The van der Waals surface area contributed by atoms with Gasteiger partial charge in [0.05, 0.1) is 19.3 Å². The largest absolute Gasteiger partial charge is 0.481 e. The molecule has 1 aromatic heterocycles. The van der Waals surface area contributed by atoms with Crippen molar-refractivity contribution >= 4 is 5.95 Å². The molecule has 1 saturated heterocycles. The van der Waals surface area contributed by atoms with Gasteiger partial charge in [0, 0.05) is 18.8 Å². The predicted octanol–water partition coefficient (Wildman–Crippen LogP) is 1.94. The van der Waals surface area contributed by atoms with Crippen molar-refractivity contribution in [2.75, 3.05) is 18.6 Å². The highest BCUT2D eigenvalue weighted by molar-refractivity contribution is 5.40. The van der Waals surface area contributed by atoms with E-state index in [1.807, 2.05) is 4.90 Å². The zero-order chi connectivity index (χ0) is 14.8. The highest BCUT2D eigenvalue weighted by Crippen LogP contribution is 2.35. The van der Waals surface area contributed by atoms with Crippen molar-refractivity contribution in [3.05, 3.63) is 47.9 Å². The van der Waals surface area contributed by atoms with Gasteiger partial charge in [-0.15, -0.1) is 0 Å². The molecule has 6 heteroatoms. The van der Waals surface area contributed by atoms with Gasteiger partial charge in [0.1, 0.15) is 5.82 Å². The number of aliphatic hydroxyl groups is 1. The average molecular weight is 289 g/mol. The van der Waals surface area contributed by atoms with Crippen molar-refractivity contribution in [3.63, 3.8) is 0 Å². The number of methoxy groups -OCH3 is 1. The minimum atomic E-state index is -0.463. The molecule has 2 heterocycles. The van der Waals surface area contributed by atoms with E-state index >= 15 is 0 Å². The van der Waals surface area contributed by atoms with Gasteiger partial charge in [0.15, 0.2) is 0 Å². The molecule has 2 atom stereocenters. The number of β-amino-alcohol motifs (C(OH)–C–C–N with tert-alkyl or cyclic N) is 1. The van der Waals surface area contributed by atoms with Crippen LogP contribution in [0.3, 0.4) is 0 Å². The summed E-state index contributed by atoms with van der Waals surface area (Å²) in [5.74, 6) is 0.695. The molecule has 1 aromatic carbocycles. The Labute approximate surface area is 122 Å². The van der Waals surface area contributed by atoms with Crippen molar-refractivity contribution in [2.24, 2.45) is 0 Å². The second kappa shape index (κ2) is 5.65. The van der Waals surface area contributed by atoms with Crippen LogP contribution in [-0.4, -0.2) is 34.8 Å². The highest BCUT2D eigenvalue weighted by atomic mass is 19.1. The Kier molecular flexibility index (Phi) is 3.70. The summed E-state index contributed by atoms with van der Waals surface area (Å²) in [5.41, 5.74) is 0.930. The number of aliphatic hydroxyl groups excluding tert-OH is 1. The molecule has 0 aliphatic carbocycles. The van der Waals surface area contributed by atoms with Gasteiger partial charge < -0.3 is 14.7 Å². The van der Waals surface area contributed by atoms with Gasteiger partial charge in [0.25, 0.3) is 0 Å². The fourth-order valence-corrected chi connectivity index (χ4v) is 2.62. The lowest BCUT2D eigenvalue weighted by molar-refractivity contribution is 0.194. The fraction of sp³-hybridized carbons (Fsp3) is 0.333. The van der Waals surface area contributed by atoms with Crippen molar-refractivity contribution in [3.8, 4) is 5.88 Å². The summed E-state index contributed by atoms with van der Waals surface area (Å²) in [6, 6.07) is 7.89. The molecule has 1 N–H and O–H groups in total. The van der Waals surface area contributed by atoms with Gasteiger partial charge >= 0.3 is 0 Å². The molecule has 0 bridgehead atoms. The summed E-state index contributed by atoms with van der Waals surface area (Å²) >= 11 is 0. The summed E-state index contributed by atoms with van der Waals surface area (Å²) in [6.07, 6.45) is 1.72. The number of benzene rings is 1. The average Bonchev–Trinajstić information content (AvgIpc) is 2.90. The van der Waals surface area contributed by atoms with E-state index in [2.05, 4.69) is 9.97 Å². The van der Waals surface area contributed by atoms with Gasteiger partial charge in [-0.3, -0.25) is 0 Å². The summed E-state index contributed by atoms with van der Waals surface area (Å²) < 4.78 is 18.2. The summed E-state index contributed by atoms with van der Waals surface area (Å²) in [6.45, 7) is 0.440. The maximum atomic E-state index is 13.1. The molecule has 0 unspecified atom stereocenters. The Morgan fingerprint density at radius 1 is 1.29 bits per heavy atom. The van der Waals surface area contributed by atoms with E-state index in [9.17, 15) is 9.50 Å². The van der Waals surface area contributed by atoms with Crippen LogP contribution in [0.2, 0.25) is 0 Å². The fourth-order valence-electron chi connectivity index (χ4n) is 2.62. The Morgan fingerprint density at radius 2 is 2.05 bits per heavy atom. The maximum Gasteiger partial charge on any atom is 0.229 e. The van der Waals surface area contributed by atoms with Gasteiger partial charge in [-0.25, -0.2) is 9.37 Å². The highest BCUT2D eigenvalue weighted by Gasteiger charge is 2.33. The second-order valence-electron chi connectivity index (χ2n) is 5.01. The smallest absolute Gasteiger partial charge is 0.229 e. The molecule has 3 rings (SSSR count). The zero-order valence-electron chi connectivity index (χ0n) is 11.6. The van der Waals surface area contributed by atoms with Crippen LogP contribution in [0, 0.1) is 5.82 Å². The SMILES string of the molecule is COc1ccnc(N2C[C@@H](O)C[C@@H]2c2ccc(F)cc2)n1. The Hall–Kier alpha value is -2.21. The van der Waals surface area contributed by atoms with Crippen molar-refractivity contribution in [2.45, 2.75) is 18.6 Å². The Bertz CT molecular complexity index is 621. The number of aromatic nitrogens is 2. The number of hydrogen-bond acceptors (Lipinski definition) is 5. The summed E-state index contributed by atoms with van der Waals surface area (Å²) in [5, 5.41) is 9.97. The van der Waals surface area contributed by atoms with Crippen LogP contribution >= 0.6 is 0 Å². The first-order valence-corrected chi connectivity index (χ1v) is 6.74. The van der Waals surface area contributed by atoms with E-state index in [1.165, 1.54) is 12.1 Å². The number of hydrogen-bond donors (Lipinski definition) is 1. The van der Waals surface area contributed by atoms with Crippen molar-refractivity contribution in [1.29, 1.82) is 0 Å². The molecule has 0 saturated carbocycles. The van der Waals surface area contributed by atoms with Crippen molar-refractivity contribution < 1.29 is 14.2 Å². The van der Waals surface area contributed by atoms with Crippen LogP contribution in [0.15, 0.2) is 36.5 Å². The van der Waals surface area contributed by atoms with E-state index in [4.69, 9.17) is 4.74 Å². The van der Waals surface area contributed by atoms with Crippen molar-refractivity contribution in [1.82, 2.24) is 9.97 Å². The summed E-state index contributed by atoms with van der Waals surface area (Å²) in [4.78, 5) is 10.5. The predicted molar refractivity (Wildman–Crippen MR) is 75.7 cm³/mol. The molecule has 0 spiro atoms. The Balaban J connectivity index is 1.93. The lowest BCUT2D eigenvalue weighted by Gasteiger charge is -2.24. The third kappa shape index (κ3) is 2.80. The van der Waals surface area contributed by atoms with E-state index < -0.39 is 6.10 Å². The van der Waals surface area contributed by atoms with Gasteiger partial charge in [-0.2, -0.15) is 4.98 Å². The number of halogens is 1. The lowest BCUT2D eigenvalue weighted by atomic mass is 10.0. The van der Waals surface area contributed by atoms with Gasteiger partial charge in [-0.05, 0) is 24.1 Å². The molecule has 110 valence electrons. The number of nitrogens with zero attached hydrogens (tertiary/aromatic N) is 3. The molecule has 1 aliphatic heterocycles. The molecular formula is C15H16FN3O2. The van der Waals surface area contributed by atoms with Crippen LogP contribution in [0.5, 0.6) is 5.88 Å². The standard InChI is InChI=1S/C15H16FN3O2/c1-21-14-6-7-17-15(18-14)19-9-12(20)8-13(19)10-2-4-11(16)5-3-10/h2-7,12-13,20H,8-9H2,1H3/t12-,13+/m0/s1. The number of ether oxygens (including phenoxy) is 1. The third-order valence-electron chi connectivity index (χ3n) is 3.62. The lowest BCUT2D eigenvalue weighted by Crippen LogP contribution is -2.26. The molecule has 5 nitrogen and oxygen atoms in total. The third-order valence-corrected chi connectivity index (χ3v) is 3.62. The minimum absolute atomic E-state index is 0.0762. The van der Waals surface area contributed by atoms with Crippen LogP contribution in [0.1, 0.15) is 18.0 Å². The second-order valence-corrected chi connectivity index (χ2v) is 5.01. The van der Waals surface area contributed by atoms with Crippen LogP contribution in [0.25, 0.3) is 0 Å². The first kappa shape index (κ1) is 13.8. The maximum absolute atomic E-state index is 13.1. The topological polar surface area (TPSA) is 58.5 Å². The quantitative estimate of drug-likeness (QED) is 0.935. The van der Waals surface area contributed by atoms with Crippen LogP contribution in [0.4, 0.5) is 10.3 Å². The first-order valence-electron chi connectivity index (χ1n) is 6.74. The van der Waals surface area contributed by atoms with E-state index in [0.717, 1.165) is 5.56 Å². The Morgan fingerprint density at radius 3 is 2.76 bits per heavy atom. The molecule has 2 aromatic rings. The summed E-state index contributed by atoms with van der Waals surface area (Å²) in [7, 11) is 1.54. The zero-order valence-corrected chi connectivity index (χ0v) is 11.6. The van der Waals surface area contributed by atoms with E-state index in [1.54, 1.807) is 31.5 Å². The molecule has 1 fully saturated rings. The molecule has 0 radical (unpaired) electrons.